The Labute approximate surface area is 184 Å². The van der Waals surface area contributed by atoms with Crippen molar-refractivity contribution >= 4 is 62.4 Å². The molecule has 2 aromatic heterocycles. The topological polar surface area (TPSA) is 42.5 Å². The molecule has 0 amide bonds. The van der Waals surface area contributed by atoms with Crippen molar-refractivity contribution in [1.82, 2.24) is 9.29 Å². The number of nitrogens with zero attached hydrogens (tertiary/aromatic N) is 2. The maximum absolute atomic E-state index is 6.04. The number of aliphatic imine (C=N–C) groups is 1. The zero-order valence-corrected chi connectivity index (χ0v) is 17.7. The first-order valence-electron chi connectivity index (χ1n) is 10.1. The van der Waals surface area contributed by atoms with Gasteiger partial charge in [0.2, 0.25) is 0 Å². The highest BCUT2D eigenvalue weighted by molar-refractivity contribution is 7.78. The third kappa shape index (κ3) is 2.67. The van der Waals surface area contributed by atoms with Crippen LogP contribution in [0.25, 0.3) is 49.4 Å². The Morgan fingerprint density at radius 2 is 1.52 bits per heavy atom. The van der Waals surface area contributed by atoms with E-state index in [0.29, 0.717) is 0 Å². The van der Waals surface area contributed by atoms with E-state index in [-0.39, 0.29) is 0 Å². The van der Waals surface area contributed by atoms with E-state index in [4.69, 9.17) is 4.42 Å². The van der Waals surface area contributed by atoms with E-state index >= 15 is 0 Å². The zero-order chi connectivity index (χ0) is 20.9. The molecule has 6 rings (SSSR count). The Morgan fingerprint density at radius 3 is 2.35 bits per heavy atom. The Balaban J connectivity index is 1.70. The summed E-state index contributed by atoms with van der Waals surface area (Å²) in [6, 6.07) is 29.5. The molecule has 0 atom stereocenters. The summed E-state index contributed by atoms with van der Waals surface area (Å²) in [7, 11) is 1.76. The summed E-state index contributed by atoms with van der Waals surface area (Å²) in [4.78, 5) is 4.32. The number of amidine groups is 1. The summed E-state index contributed by atoms with van der Waals surface area (Å²) in [6.45, 7) is 0. The molecule has 0 aliphatic rings. The minimum absolute atomic E-state index is 0.735. The van der Waals surface area contributed by atoms with Crippen LogP contribution >= 0.6 is 12.8 Å². The van der Waals surface area contributed by atoms with Crippen LogP contribution in [0, 0.1) is 0 Å². The van der Waals surface area contributed by atoms with Crippen molar-refractivity contribution in [3.8, 4) is 5.69 Å². The Morgan fingerprint density at radius 1 is 0.774 bits per heavy atom. The molecule has 2 heterocycles. The van der Waals surface area contributed by atoms with Gasteiger partial charge in [-0.3, -0.25) is 4.99 Å². The van der Waals surface area contributed by atoms with E-state index in [9.17, 15) is 0 Å². The minimum atomic E-state index is 0.735. The molecule has 6 aromatic rings. The Bertz CT molecular complexity index is 1640. The first kappa shape index (κ1) is 18.1. The largest absolute Gasteiger partial charge is 0.456 e. The van der Waals surface area contributed by atoms with Gasteiger partial charge in [-0.05, 0) is 36.4 Å². The van der Waals surface area contributed by atoms with E-state index in [1.165, 1.54) is 10.8 Å². The van der Waals surface area contributed by atoms with Gasteiger partial charge in [-0.2, -0.15) is 0 Å². The molecule has 0 fully saturated rings. The van der Waals surface area contributed by atoms with Crippen molar-refractivity contribution in [2.45, 2.75) is 0 Å². The predicted octanol–water partition coefficient (Wildman–Crippen LogP) is 6.49. The van der Waals surface area contributed by atoms with Crippen LogP contribution < -0.4 is 4.72 Å². The van der Waals surface area contributed by atoms with Crippen LogP contribution in [0.4, 0.5) is 0 Å². The van der Waals surface area contributed by atoms with Crippen molar-refractivity contribution in [2.24, 2.45) is 4.99 Å². The normalized spacial score (nSPS) is 12.4. The van der Waals surface area contributed by atoms with Crippen molar-refractivity contribution in [2.75, 3.05) is 7.05 Å². The molecular weight excluding hydrogens is 402 g/mol. The molecule has 31 heavy (non-hydrogen) atoms. The standard InChI is InChI=1S/C26H19N3OS/c1-27-26(28-31)16-10-12-19-18-6-2-4-8-22(18)29(23(19)14-16)17-11-13-25-21(15-17)20-7-3-5-9-24(20)30-25/h2-15,31H,1H3,(H,27,28). The maximum atomic E-state index is 6.04. The van der Waals surface area contributed by atoms with E-state index in [1.54, 1.807) is 7.05 Å². The van der Waals surface area contributed by atoms with Crippen LogP contribution in [0.5, 0.6) is 0 Å². The van der Waals surface area contributed by atoms with Crippen LogP contribution in [0.15, 0.2) is 94.3 Å². The molecule has 0 unspecified atom stereocenters. The zero-order valence-electron chi connectivity index (χ0n) is 16.8. The molecule has 0 saturated carbocycles. The number of hydrogen-bond acceptors (Lipinski definition) is 3. The number of furan rings is 1. The fourth-order valence-corrected chi connectivity index (χ4v) is 4.72. The molecular formula is C26H19N3OS. The van der Waals surface area contributed by atoms with Gasteiger partial charge in [-0.15, -0.1) is 0 Å². The average molecular weight is 422 g/mol. The lowest BCUT2D eigenvalue weighted by Gasteiger charge is -2.10. The highest BCUT2D eigenvalue weighted by Gasteiger charge is 2.15. The van der Waals surface area contributed by atoms with Gasteiger partial charge in [0.15, 0.2) is 0 Å². The van der Waals surface area contributed by atoms with Crippen LogP contribution in [0.1, 0.15) is 5.56 Å². The first-order chi connectivity index (χ1) is 15.3. The van der Waals surface area contributed by atoms with Gasteiger partial charge in [0.25, 0.3) is 0 Å². The van der Waals surface area contributed by atoms with E-state index in [2.05, 4.69) is 93.8 Å². The average Bonchev–Trinajstić information content (AvgIpc) is 3.35. The summed E-state index contributed by atoms with van der Waals surface area (Å²) in [5, 5.41) is 4.66. The first-order valence-corrected chi connectivity index (χ1v) is 10.6. The second-order valence-corrected chi connectivity index (χ2v) is 7.77. The monoisotopic (exact) mass is 421 g/mol. The lowest BCUT2D eigenvalue weighted by molar-refractivity contribution is 0.669. The minimum Gasteiger partial charge on any atom is -0.456 e. The number of aromatic nitrogens is 1. The Kier molecular flexibility index (Phi) is 4.04. The van der Waals surface area contributed by atoms with Gasteiger partial charge in [0.1, 0.15) is 17.0 Å². The summed E-state index contributed by atoms with van der Waals surface area (Å²) >= 11 is 4.22. The molecule has 150 valence electrons. The van der Waals surface area contributed by atoms with Gasteiger partial charge in [-0.1, -0.05) is 61.3 Å². The molecule has 5 heteroatoms. The number of para-hydroxylation sites is 2. The molecule has 1 N–H and O–H groups in total. The molecule has 0 aliphatic heterocycles. The summed E-state index contributed by atoms with van der Waals surface area (Å²) in [6.07, 6.45) is 0. The Hall–Kier alpha value is -3.70. The fourth-order valence-electron chi connectivity index (χ4n) is 4.49. The number of nitrogens with one attached hydrogen (secondary N) is 1. The number of fused-ring (bicyclic) bond motifs is 6. The quantitative estimate of drug-likeness (QED) is 0.191. The summed E-state index contributed by atoms with van der Waals surface area (Å²) in [5.74, 6) is 0.735. The predicted molar refractivity (Wildman–Crippen MR) is 133 cm³/mol. The second-order valence-electron chi connectivity index (χ2n) is 7.55. The number of thiol groups is 1. The van der Waals surface area contributed by atoms with Crippen molar-refractivity contribution in [1.29, 1.82) is 0 Å². The summed E-state index contributed by atoms with van der Waals surface area (Å²) < 4.78 is 11.2. The maximum Gasteiger partial charge on any atom is 0.137 e. The molecule has 0 bridgehead atoms. The van der Waals surface area contributed by atoms with Crippen molar-refractivity contribution in [3.05, 3.63) is 90.5 Å². The van der Waals surface area contributed by atoms with Crippen LogP contribution in [-0.2, 0) is 0 Å². The highest BCUT2D eigenvalue weighted by atomic mass is 32.1. The summed E-state index contributed by atoms with van der Waals surface area (Å²) in [5.41, 5.74) is 6.17. The number of rotatable bonds is 2. The van der Waals surface area contributed by atoms with Crippen molar-refractivity contribution in [3.63, 3.8) is 0 Å². The van der Waals surface area contributed by atoms with E-state index in [0.717, 1.165) is 50.1 Å². The highest BCUT2D eigenvalue weighted by Crippen LogP contribution is 2.35. The fraction of sp³-hybridized carbons (Fsp3) is 0.0385. The lowest BCUT2D eigenvalue weighted by Crippen LogP contribution is -2.14. The van der Waals surface area contributed by atoms with E-state index in [1.807, 2.05) is 18.2 Å². The van der Waals surface area contributed by atoms with Crippen LogP contribution in [0.3, 0.4) is 0 Å². The molecule has 0 spiro atoms. The third-order valence-electron chi connectivity index (χ3n) is 5.90. The van der Waals surface area contributed by atoms with Crippen LogP contribution in [0.2, 0.25) is 0 Å². The van der Waals surface area contributed by atoms with E-state index < -0.39 is 0 Å². The SMILES string of the molecule is CN=C(NS)c1ccc2c3ccccc3n(-c3ccc4oc5ccccc5c4c3)c2c1. The molecule has 0 radical (unpaired) electrons. The van der Waals surface area contributed by atoms with Crippen molar-refractivity contribution < 1.29 is 4.42 Å². The molecule has 4 nitrogen and oxygen atoms in total. The van der Waals surface area contributed by atoms with Gasteiger partial charge in [0.05, 0.1) is 11.0 Å². The number of hydrogen-bond donors (Lipinski definition) is 2. The van der Waals surface area contributed by atoms with Gasteiger partial charge >= 0.3 is 0 Å². The number of benzene rings is 4. The van der Waals surface area contributed by atoms with Crippen LogP contribution in [-0.4, -0.2) is 17.5 Å². The van der Waals surface area contributed by atoms with Gasteiger partial charge < -0.3 is 13.7 Å². The molecule has 0 saturated heterocycles. The molecule has 4 aromatic carbocycles. The lowest BCUT2D eigenvalue weighted by atomic mass is 10.1. The van der Waals surface area contributed by atoms with Gasteiger partial charge in [-0.25, -0.2) is 0 Å². The third-order valence-corrected chi connectivity index (χ3v) is 6.11. The smallest absolute Gasteiger partial charge is 0.137 e. The molecule has 0 aliphatic carbocycles. The second kappa shape index (κ2) is 6.93. The van der Waals surface area contributed by atoms with Gasteiger partial charge in [0, 0.05) is 39.8 Å².